The molecule has 90 valence electrons. The number of rotatable bonds is 1. The Kier molecular flexibility index (Phi) is 1.77. The summed E-state index contributed by atoms with van der Waals surface area (Å²) in [5.74, 6) is 0. The van der Waals surface area contributed by atoms with E-state index in [-0.39, 0.29) is 0 Å². The lowest BCUT2D eigenvalue weighted by Gasteiger charge is -2.08. The van der Waals surface area contributed by atoms with Crippen LogP contribution in [0.4, 0.5) is 0 Å². The van der Waals surface area contributed by atoms with Gasteiger partial charge in [-0.3, -0.25) is 0 Å². The summed E-state index contributed by atoms with van der Waals surface area (Å²) in [5.41, 5.74) is 4.47. The number of allylic oxidation sites excluding steroid dienone is 5. The lowest BCUT2D eigenvalue weighted by Crippen LogP contribution is -2.18. The molecular weight excluding hydrogens is 234 g/mol. The Bertz CT molecular complexity index is 782. The summed E-state index contributed by atoms with van der Waals surface area (Å²) in [5, 5.41) is 6.01. The Morgan fingerprint density at radius 3 is 2.78 bits per heavy atom. The topological polar surface area (TPSA) is 15.8 Å². The van der Waals surface area contributed by atoms with Crippen LogP contribution in [0.5, 0.6) is 0 Å². The van der Waals surface area contributed by atoms with Crippen molar-refractivity contribution in [2.75, 3.05) is 0 Å². The van der Waals surface area contributed by atoms with Crippen LogP contribution in [0.25, 0.3) is 22.9 Å². The van der Waals surface area contributed by atoms with Crippen molar-refractivity contribution < 1.29 is 0 Å². The van der Waals surface area contributed by atoms with Gasteiger partial charge >= 0.3 is 0 Å². The number of hydrogen-bond acceptors (Lipinski definition) is 0. The average molecular weight is 251 g/mol. The van der Waals surface area contributed by atoms with Gasteiger partial charge in [-0.25, -0.2) is 0 Å². The third-order valence-corrected chi connectivity index (χ3v) is 7.74. The van der Waals surface area contributed by atoms with E-state index >= 15 is 0 Å². The Labute approximate surface area is 108 Å². The summed E-state index contributed by atoms with van der Waals surface area (Å²) in [6.07, 6.45) is 12.4. The first-order valence-electron chi connectivity index (χ1n) is 6.66. The van der Waals surface area contributed by atoms with Gasteiger partial charge in [0, 0.05) is 21.8 Å². The summed E-state index contributed by atoms with van der Waals surface area (Å²) in [6, 6.07) is 0. The summed E-state index contributed by atoms with van der Waals surface area (Å²) < 4.78 is 0. The summed E-state index contributed by atoms with van der Waals surface area (Å²) >= 11 is 0. The van der Waals surface area contributed by atoms with Gasteiger partial charge in [-0.2, -0.15) is 0 Å². The Hall–Kier alpha value is -1.54. The first-order chi connectivity index (χ1) is 8.64. The van der Waals surface area contributed by atoms with Crippen LogP contribution >= 0.6 is 0 Å². The maximum Gasteiger partial charge on any atom is 0.113 e. The highest BCUT2D eigenvalue weighted by Gasteiger charge is 2.50. The molecule has 4 rings (SSSR count). The van der Waals surface area contributed by atoms with Crippen LogP contribution in [0.3, 0.4) is 0 Å². The Balaban J connectivity index is 2.00. The molecule has 0 saturated carbocycles. The molecule has 2 aliphatic carbocycles. The van der Waals surface area contributed by atoms with E-state index in [0.29, 0.717) is 0 Å². The second-order valence-electron chi connectivity index (χ2n) is 5.87. The van der Waals surface area contributed by atoms with Crippen molar-refractivity contribution in [1.29, 1.82) is 0 Å². The molecule has 1 nitrogen and oxygen atoms in total. The van der Waals surface area contributed by atoms with Crippen molar-refractivity contribution in [2.24, 2.45) is 0 Å². The van der Waals surface area contributed by atoms with Gasteiger partial charge in [0.05, 0.1) is 0 Å². The summed E-state index contributed by atoms with van der Waals surface area (Å²) in [7, 11) is -1.14. The van der Waals surface area contributed by atoms with Crippen molar-refractivity contribution in [3.8, 4) is 0 Å². The van der Waals surface area contributed by atoms with E-state index in [4.69, 9.17) is 0 Å². The van der Waals surface area contributed by atoms with Crippen LogP contribution in [0.15, 0.2) is 23.4 Å². The monoisotopic (exact) mass is 251 g/mol. The first-order valence-corrected chi connectivity index (χ1v) is 9.66. The highest BCUT2D eigenvalue weighted by atomic mass is 28.3. The second-order valence-corrected chi connectivity index (χ2v) is 10.2. The minimum atomic E-state index is -1.14. The molecule has 0 atom stereocenters. The SMILES string of the molecule is CC=c1[nH]c2c(c1C1=CC=CC1)C1=C(C=2)[Si]1(C)C. The molecule has 0 unspecified atom stereocenters. The van der Waals surface area contributed by atoms with Crippen molar-refractivity contribution in [3.63, 3.8) is 0 Å². The van der Waals surface area contributed by atoms with Crippen LogP contribution in [-0.2, 0) is 0 Å². The molecule has 0 amide bonds. The zero-order valence-corrected chi connectivity index (χ0v) is 12.1. The predicted octanol–water partition coefficient (Wildman–Crippen LogP) is 2.51. The predicted molar refractivity (Wildman–Crippen MR) is 80.8 cm³/mol. The Morgan fingerprint density at radius 1 is 1.28 bits per heavy atom. The molecule has 0 saturated heterocycles. The van der Waals surface area contributed by atoms with Gasteiger partial charge in [-0.1, -0.05) is 42.6 Å². The minimum absolute atomic E-state index is 1.08. The molecule has 1 aromatic rings. The second kappa shape index (κ2) is 3.07. The first kappa shape index (κ1) is 10.4. The van der Waals surface area contributed by atoms with E-state index < -0.39 is 8.07 Å². The van der Waals surface area contributed by atoms with E-state index in [1.165, 1.54) is 27.4 Å². The van der Waals surface area contributed by atoms with Crippen LogP contribution < -0.4 is 10.7 Å². The highest BCUT2D eigenvalue weighted by Crippen LogP contribution is 2.52. The van der Waals surface area contributed by atoms with Crippen molar-refractivity contribution in [2.45, 2.75) is 26.4 Å². The molecule has 0 fully saturated rings. The molecule has 0 radical (unpaired) electrons. The smallest absolute Gasteiger partial charge is 0.113 e. The summed E-state index contributed by atoms with van der Waals surface area (Å²) in [6.45, 7) is 7.05. The molecule has 0 spiro atoms. The van der Waals surface area contributed by atoms with E-state index in [2.05, 4.69) is 55.4 Å². The molecule has 2 heteroatoms. The molecule has 0 aromatic carbocycles. The average Bonchev–Trinajstić information content (AvgIpc) is 2.85. The van der Waals surface area contributed by atoms with E-state index in [1.807, 2.05) is 0 Å². The quantitative estimate of drug-likeness (QED) is 0.738. The van der Waals surface area contributed by atoms with Gasteiger partial charge in [-0.05, 0) is 30.2 Å². The molecule has 3 aliphatic rings. The third kappa shape index (κ3) is 1.07. The van der Waals surface area contributed by atoms with Crippen LogP contribution in [0, 0.1) is 0 Å². The van der Waals surface area contributed by atoms with E-state index in [0.717, 1.165) is 6.42 Å². The van der Waals surface area contributed by atoms with Crippen molar-refractivity contribution >= 4 is 31.0 Å². The number of H-pyrrole nitrogens is 1. The van der Waals surface area contributed by atoms with Crippen molar-refractivity contribution in [3.05, 3.63) is 45.2 Å². The number of aromatic nitrogens is 1. The van der Waals surface area contributed by atoms with Gasteiger partial charge < -0.3 is 4.98 Å². The van der Waals surface area contributed by atoms with Gasteiger partial charge in [0.15, 0.2) is 0 Å². The standard InChI is InChI=1S/C16H17NSi/c1-4-11-14(10-7-5-6-8-10)15-12(17-11)9-13-16(15)18(13,2)3/h4-7,9,17H,8H2,1-3H3. The van der Waals surface area contributed by atoms with Crippen LogP contribution in [-0.4, -0.2) is 13.1 Å². The molecular formula is C16H17NSi. The fraction of sp³-hybridized carbons (Fsp3) is 0.250. The molecule has 1 N–H and O–H groups in total. The zero-order valence-electron chi connectivity index (χ0n) is 11.1. The van der Waals surface area contributed by atoms with Gasteiger partial charge in [0.1, 0.15) is 8.07 Å². The molecule has 1 aliphatic heterocycles. The zero-order chi connectivity index (χ0) is 12.5. The molecule has 18 heavy (non-hydrogen) atoms. The normalized spacial score (nSPS) is 23.1. The largest absolute Gasteiger partial charge is 0.355 e. The lowest BCUT2D eigenvalue weighted by atomic mass is 10.0. The number of aromatic amines is 1. The fourth-order valence-electron chi connectivity index (χ4n) is 3.43. The van der Waals surface area contributed by atoms with Crippen LogP contribution in [0.1, 0.15) is 24.5 Å². The van der Waals surface area contributed by atoms with Gasteiger partial charge in [-0.15, -0.1) is 0 Å². The van der Waals surface area contributed by atoms with Gasteiger partial charge in [0.25, 0.3) is 0 Å². The third-order valence-electron chi connectivity index (χ3n) is 4.48. The fourth-order valence-corrected chi connectivity index (χ4v) is 6.76. The minimum Gasteiger partial charge on any atom is -0.355 e. The molecule has 2 heterocycles. The maximum atomic E-state index is 3.59. The molecule has 1 aromatic heterocycles. The van der Waals surface area contributed by atoms with E-state index in [1.54, 1.807) is 10.4 Å². The maximum absolute atomic E-state index is 3.59. The lowest BCUT2D eigenvalue weighted by molar-refractivity contribution is 1.26. The van der Waals surface area contributed by atoms with Crippen LogP contribution in [0.2, 0.25) is 13.1 Å². The Morgan fingerprint density at radius 2 is 2.11 bits per heavy atom. The molecule has 0 bridgehead atoms. The summed E-state index contributed by atoms with van der Waals surface area (Å²) in [4.78, 5) is 3.59. The van der Waals surface area contributed by atoms with Gasteiger partial charge in [0.2, 0.25) is 0 Å². The van der Waals surface area contributed by atoms with E-state index in [9.17, 15) is 0 Å². The van der Waals surface area contributed by atoms with Crippen molar-refractivity contribution in [1.82, 2.24) is 4.98 Å². The number of nitrogens with one attached hydrogen (secondary N) is 1. The number of fused-ring (bicyclic) bond motifs is 2. The highest BCUT2D eigenvalue weighted by molar-refractivity contribution is 7.14. The number of hydrogen-bond donors (Lipinski definition) is 1.